The molecule has 7 heteroatoms. The molecule has 1 nitrogen and oxygen atoms in total. The third kappa shape index (κ3) is 5.38. The van der Waals surface area contributed by atoms with Gasteiger partial charge in [0.2, 0.25) is 0 Å². The number of hydrogen-bond donors (Lipinski definition) is 0. The van der Waals surface area contributed by atoms with E-state index in [0.29, 0.717) is 5.56 Å². The molecule has 0 aliphatic rings. The van der Waals surface area contributed by atoms with Gasteiger partial charge in [0.25, 0.3) is 0 Å². The molecule has 0 aliphatic carbocycles. The summed E-state index contributed by atoms with van der Waals surface area (Å²) in [6.07, 6.45) is -4.29. The summed E-state index contributed by atoms with van der Waals surface area (Å²) in [5.74, 6) is -1.93. The van der Waals surface area contributed by atoms with Crippen LogP contribution >= 0.6 is 0 Å². The molecule has 0 aliphatic heterocycles. The molecule has 0 saturated heterocycles. The fourth-order valence-electron chi connectivity index (χ4n) is 3.46. The van der Waals surface area contributed by atoms with Crippen molar-refractivity contribution in [2.45, 2.75) is 20.0 Å². The molecule has 182 valence electrons. The number of rotatable bonds is 4. The van der Waals surface area contributed by atoms with Crippen LogP contribution in [0.4, 0.5) is 26.3 Å². The van der Waals surface area contributed by atoms with Gasteiger partial charge < -0.3 is 4.74 Å². The van der Waals surface area contributed by atoms with E-state index in [2.05, 4.69) is 16.6 Å². The van der Waals surface area contributed by atoms with Gasteiger partial charge in [0.15, 0.2) is 17.5 Å². The van der Waals surface area contributed by atoms with Crippen molar-refractivity contribution < 1.29 is 31.1 Å². The molecular weight excluding hydrogens is 478 g/mol. The van der Waals surface area contributed by atoms with Crippen LogP contribution in [0, 0.1) is 49.0 Å². The van der Waals surface area contributed by atoms with Gasteiger partial charge in [-0.25, -0.2) is 17.6 Å². The van der Waals surface area contributed by atoms with Gasteiger partial charge in [-0.1, -0.05) is 53.8 Å². The first-order valence-electron chi connectivity index (χ1n) is 10.7. The van der Waals surface area contributed by atoms with Gasteiger partial charge in [-0.15, -0.1) is 0 Å². The molecule has 0 heterocycles. The standard InChI is InChI=1S/C29H18F6O/c1-17-3-8-20(9-4-17)21-10-5-19(6-11-21)7-12-22-14-25(30)24(13-18(22)2)29(34,35)36-23-15-26(31)28(33)27(32)16-23/h3-6,8-11,13-16H,1-2H3. The summed E-state index contributed by atoms with van der Waals surface area (Å²) in [6.45, 7) is 3.46. The monoisotopic (exact) mass is 496 g/mol. The number of aryl methyl sites for hydroxylation is 2. The zero-order valence-electron chi connectivity index (χ0n) is 19.1. The quantitative estimate of drug-likeness (QED) is 0.158. The molecule has 0 amide bonds. The lowest BCUT2D eigenvalue weighted by Gasteiger charge is -2.20. The third-order valence-corrected chi connectivity index (χ3v) is 5.44. The Balaban J connectivity index is 1.56. The van der Waals surface area contributed by atoms with Crippen LogP contribution in [0.15, 0.2) is 72.8 Å². The maximum absolute atomic E-state index is 14.6. The number of halogens is 6. The van der Waals surface area contributed by atoms with Crippen LogP contribution in [0.3, 0.4) is 0 Å². The lowest BCUT2D eigenvalue weighted by Crippen LogP contribution is -2.24. The highest BCUT2D eigenvalue weighted by molar-refractivity contribution is 5.64. The summed E-state index contributed by atoms with van der Waals surface area (Å²) in [6, 6.07) is 17.6. The van der Waals surface area contributed by atoms with Crippen molar-refractivity contribution >= 4 is 0 Å². The molecule has 0 N–H and O–H groups in total. The van der Waals surface area contributed by atoms with E-state index in [1.54, 1.807) is 12.1 Å². The van der Waals surface area contributed by atoms with Crippen molar-refractivity contribution in [3.8, 4) is 28.7 Å². The van der Waals surface area contributed by atoms with Crippen LogP contribution < -0.4 is 4.74 Å². The lowest BCUT2D eigenvalue weighted by atomic mass is 10.0. The summed E-state index contributed by atoms with van der Waals surface area (Å²) in [4.78, 5) is 0. The molecule has 0 atom stereocenters. The maximum Gasteiger partial charge on any atom is 0.429 e. The van der Waals surface area contributed by atoms with Crippen molar-refractivity contribution in [3.05, 3.63) is 124 Å². The SMILES string of the molecule is Cc1ccc(-c2ccc(C#Cc3cc(F)c(C(F)(F)Oc4cc(F)c(F)c(F)c4)cc3C)cc2)cc1. The zero-order valence-corrected chi connectivity index (χ0v) is 19.1. The summed E-state index contributed by atoms with van der Waals surface area (Å²) < 4.78 is 87.8. The molecular formula is C29H18F6O. The van der Waals surface area contributed by atoms with E-state index in [1.807, 2.05) is 43.3 Å². The average molecular weight is 496 g/mol. The highest BCUT2D eigenvalue weighted by Gasteiger charge is 2.38. The molecule has 0 fully saturated rings. The van der Waals surface area contributed by atoms with E-state index >= 15 is 0 Å². The first-order valence-corrected chi connectivity index (χ1v) is 10.7. The predicted octanol–water partition coefficient (Wildman–Crippen LogP) is 8.05. The molecule has 4 aromatic carbocycles. The fourth-order valence-corrected chi connectivity index (χ4v) is 3.46. The molecule has 4 rings (SSSR count). The van der Waals surface area contributed by atoms with E-state index < -0.39 is 40.7 Å². The Labute approximate surface area is 204 Å². The molecule has 0 radical (unpaired) electrons. The van der Waals surface area contributed by atoms with Crippen LogP contribution in [-0.2, 0) is 6.11 Å². The fraction of sp³-hybridized carbons (Fsp3) is 0.103. The van der Waals surface area contributed by atoms with Crippen LogP contribution in [0.5, 0.6) is 5.75 Å². The normalized spacial score (nSPS) is 11.1. The van der Waals surface area contributed by atoms with Gasteiger partial charge in [0, 0.05) is 23.3 Å². The molecule has 0 unspecified atom stereocenters. The highest BCUT2D eigenvalue weighted by atomic mass is 19.3. The minimum Gasteiger partial charge on any atom is -0.429 e. The Morgan fingerprint density at radius 2 is 1.22 bits per heavy atom. The van der Waals surface area contributed by atoms with Crippen molar-refractivity contribution in [2.24, 2.45) is 0 Å². The van der Waals surface area contributed by atoms with Crippen LogP contribution in [-0.4, -0.2) is 0 Å². The second kappa shape index (κ2) is 9.82. The number of ether oxygens (including phenoxy) is 1. The molecule has 4 aromatic rings. The van der Waals surface area contributed by atoms with Crippen molar-refractivity contribution in [3.63, 3.8) is 0 Å². The minimum absolute atomic E-state index is 0.175. The number of hydrogen-bond acceptors (Lipinski definition) is 1. The molecule has 0 saturated carbocycles. The number of alkyl halides is 2. The van der Waals surface area contributed by atoms with E-state index in [9.17, 15) is 26.3 Å². The van der Waals surface area contributed by atoms with Crippen LogP contribution in [0.25, 0.3) is 11.1 Å². The molecule has 0 spiro atoms. The largest absolute Gasteiger partial charge is 0.429 e. The summed E-state index contributed by atoms with van der Waals surface area (Å²) >= 11 is 0. The second-order valence-electron chi connectivity index (χ2n) is 8.16. The van der Waals surface area contributed by atoms with Crippen LogP contribution in [0.2, 0.25) is 0 Å². The molecule has 0 bridgehead atoms. The van der Waals surface area contributed by atoms with E-state index in [0.717, 1.165) is 28.8 Å². The predicted molar refractivity (Wildman–Crippen MR) is 125 cm³/mol. The first kappa shape index (κ1) is 24.9. The third-order valence-electron chi connectivity index (χ3n) is 5.44. The van der Waals surface area contributed by atoms with E-state index in [4.69, 9.17) is 0 Å². The Morgan fingerprint density at radius 1 is 0.667 bits per heavy atom. The van der Waals surface area contributed by atoms with Crippen molar-refractivity contribution in [1.29, 1.82) is 0 Å². The topological polar surface area (TPSA) is 9.23 Å². The van der Waals surface area contributed by atoms with E-state index in [-0.39, 0.29) is 23.3 Å². The van der Waals surface area contributed by atoms with Crippen molar-refractivity contribution in [1.82, 2.24) is 0 Å². The van der Waals surface area contributed by atoms with Gasteiger partial charge in [0.05, 0.1) is 0 Å². The van der Waals surface area contributed by atoms with E-state index in [1.165, 1.54) is 6.92 Å². The minimum atomic E-state index is -4.29. The Bertz CT molecular complexity index is 1460. The Hall–Kier alpha value is -4.18. The van der Waals surface area contributed by atoms with Gasteiger partial charge >= 0.3 is 6.11 Å². The van der Waals surface area contributed by atoms with Gasteiger partial charge in [-0.3, -0.25) is 0 Å². The summed E-state index contributed by atoms with van der Waals surface area (Å²) in [5.41, 5.74) is 3.08. The second-order valence-corrected chi connectivity index (χ2v) is 8.16. The Kier molecular flexibility index (Phi) is 6.80. The lowest BCUT2D eigenvalue weighted by molar-refractivity contribution is -0.187. The zero-order chi connectivity index (χ0) is 26.0. The summed E-state index contributed by atoms with van der Waals surface area (Å²) in [5, 5.41) is 0. The molecule has 0 aromatic heterocycles. The smallest absolute Gasteiger partial charge is 0.429 e. The maximum atomic E-state index is 14.6. The van der Waals surface area contributed by atoms with Crippen molar-refractivity contribution in [2.75, 3.05) is 0 Å². The van der Waals surface area contributed by atoms with Gasteiger partial charge in [-0.05, 0) is 54.8 Å². The Morgan fingerprint density at radius 3 is 1.81 bits per heavy atom. The van der Waals surface area contributed by atoms with Gasteiger partial charge in [-0.2, -0.15) is 8.78 Å². The average Bonchev–Trinajstić information content (AvgIpc) is 2.83. The first-order chi connectivity index (χ1) is 17.0. The van der Waals surface area contributed by atoms with Crippen LogP contribution in [0.1, 0.15) is 27.8 Å². The highest BCUT2D eigenvalue weighted by Crippen LogP contribution is 2.35. The van der Waals surface area contributed by atoms with Gasteiger partial charge in [0.1, 0.15) is 17.1 Å². The number of benzene rings is 4. The summed E-state index contributed by atoms with van der Waals surface area (Å²) in [7, 11) is 0. The molecule has 36 heavy (non-hydrogen) atoms.